The Bertz CT molecular complexity index is 692. The highest BCUT2D eigenvalue weighted by molar-refractivity contribution is 5.86. The Balaban J connectivity index is 1.88. The van der Waals surface area contributed by atoms with Crippen molar-refractivity contribution in [2.45, 2.75) is 25.4 Å². The molecule has 0 bridgehead atoms. The molecule has 0 radical (unpaired) electrons. The lowest BCUT2D eigenvalue weighted by molar-refractivity contribution is 0.0689. The van der Waals surface area contributed by atoms with Gasteiger partial charge in [-0.3, -0.25) is 4.68 Å². The molecule has 1 fully saturated rings. The van der Waals surface area contributed by atoms with E-state index in [1.54, 1.807) is 24.9 Å². The van der Waals surface area contributed by atoms with E-state index in [1.165, 1.54) is 0 Å². The van der Waals surface area contributed by atoms with Crippen LogP contribution < -0.4 is 9.64 Å². The number of methoxy groups -OCH3 is 1. The Morgan fingerprint density at radius 2 is 2.23 bits per heavy atom. The number of aromatic nitrogens is 2. The van der Waals surface area contributed by atoms with Crippen molar-refractivity contribution in [2.75, 3.05) is 12.0 Å². The molecule has 0 saturated heterocycles. The Labute approximate surface area is 128 Å². The predicted molar refractivity (Wildman–Crippen MR) is 82.4 cm³/mol. The number of benzene rings is 1. The number of ether oxygens (including phenoxy) is 1. The summed E-state index contributed by atoms with van der Waals surface area (Å²) in [6.07, 6.45) is 2.25. The molecule has 116 valence electrons. The molecule has 1 aromatic carbocycles. The number of anilines is 1. The van der Waals surface area contributed by atoms with E-state index in [0.717, 1.165) is 30.0 Å². The van der Waals surface area contributed by atoms with E-state index in [4.69, 9.17) is 9.84 Å². The second-order valence-electron chi connectivity index (χ2n) is 5.53. The number of rotatable bonds is 6. The molecule has 1 aliphatic carbocycles. The van der Waals surface area contributed by atoms with Crippen LogP contribution in [0.15, 0.2) is 30.3 Å². The summed E-state index contributed by atoms with van der Waals surface area (Å²) < 4.78 is 6.90. The minimum atomic E-state index is -1.00. The Morgan fingerprint density at radius 1 is 1.45 bits per heavy atom. The highest BCUT2D eigenvalue weighted by Gasteiger charge is 2.31. The molecule has 1 N–H and O–H groups in total. The molecule has 22 heavy (non-hydrogen) atoms. The van der Waals surface area contributed by atoms with Crippen LogP contribution in [0.3, 0.4) is 0 Å². The summed E-state index contributed by atoms with van der Waals surface area (Å²) in [6.45, 7) is 0.709. The summed E-state index contributed by atoms with van der Waals surface area (Å²) in [7, 11) is 3.43. The second kappa shape index (κ2) is 5.71. The van der Waals surface area contributed by atoms with Gasteiger partial charge in [-0.05, 0) is 30.5 Å². The summed E-state index contributed by atoms with van der Waals surface area (Å²) in [6, 6.07) is 10.0. The summed E-state index contributed by atoms with van der Waals surface area (Å²) in [5, 5.41) is 13.2. The first-order chi connectivity index (χ1) is 10.6. The molecule has 1 aromatic heterocycles. The maximum absolute atomic E-state index is 11.1. The zero-order chi connectivity index (χ0) is 15.7. The summed E-state index contributed by atoms with van der Waals surface area (Å²) in [5.41, 5.74) is 1.21. The number of hydrogen-bond donors (Lipinski definition) is 1. The normalized spacial score (nSPS) is 13.9. The van der Waals surface area contributed by atoms with Crippen molar-refractivity contribution < 1.29 is 14.6 Å². The van der Waals surface area contributed by atoms with Gasteiger partial charge in [-0.1, -0.05) is 12.1 Å². The van der Waals surface area contributed by atoms with Gasteiger partial charge >= 0.3 is 5.97 Å². The lowest BCUT2D eigenvalue weighted by Gasteiger charge is -2.24. The van der Waals surface area contributed by atoms with E-state index in [1.807, 2.05) is 24.3 Å². The maximum Gasteiger partial charge on any atom is 0.356 e. The zero-order valence-electron chi connectivity index (χ0n) is 12.7. The molecule has 1 heterocycles. The van der Waals surface area contributed by atoms with Gasteiger partial charge in [-0.15, -0.1) is 0 Å². The smallest absolute Gasteiger partial charge is 0.356 e. The largest absolute Gasteiger partial charge is 0.497 e. The van der Waals surface area contributed by atoms with Gasteiger partial charge in [0.05, 0.1) is 7.11 Å². The first-order valence-electron chi connectivity index (χ1n) is 7.25. The van der Waals surface area contributed by atoms with Gasteiger partial charge in [-0.2, -0.15) is 5.10 Å². The van der Waals surface area contributed by atoms with Gasteiger partial charge in [0.15, 0.2) is 5.69 Å². The number of aromatic carboxylic acids is 1. The van der Waals surface area contributed by atoms with E-state index in [2.05, 4.69) is 10.00 Å². The fraction of sp³-hybridized carbons (Fsp3) is 0.375. The molecule has 0 spiro atoms. The molecule has 1 saturated carbocycles. The van der Waals surface area contributed by atoms with Crippen LogP contribution in [0.5, 0.6) is 5.75 Å². The number of nitrogens with zero attached hydrogens (tertiary/aromatic N) is 3. The van der Waals surface area contributed by atoms with Gasteiger partial charge in [-0.25, -0.2) is 4.79 Å². The van der Waals surface area contributed by atoms with E-state index in [9.17, 15) is 4.79 Å². The molecule has 2 aromatic rings. The topological polar surface area (TPSA) is 67.6 Å². The minimum absolute atomic E-state index is 0.0776. The third-order valence-electron chi connectivity index (χ3n) is 3.84. The van der Waals surface area contributed by atoms with Crippen molar-refractivity contribution in [1.29, 1.82) is 0 Å². The van der Waals surface area contributed by atoms with Crippen molar-refractivity contribution in [3.8, 4) is 5.75 Å². The molecule has 6 heteroatoms. The Hall–Kier alpha value is -2.50. The monoisotopic (exact) mass is 301 g/mol. The molecule has 0 atom stereocenters. The van der Waals surface area contributed by atoms with Crippen molar-refractivity contribution >= 4 is 11.8 Å². The number of carbonyl (C=O) groups is 1. The fourth-order valence-electron chi connectivity index (χ4n) is 2.58. The van der Waals surface area contributed by atoms with Crippen molar-refractivity contribution in [1.82, 2.24) is 9.78 Å². The Kier molecular flexibility index (Phi) is 3.75. The molecule has 1 aliphatic rings. The van der Waals surface area contributed by atoms with Crippen molar-refractivity contribution in [3.63, 3.8) is 0 Å². The summed E-state index contributed by atoms with van der Waals surface area (Å²) >= 11 is 0. The van der Waals surface area contributed by atoms with Gasteiger partial charge in [0, 0.05) is 25.7 Å². The first-order valence-corrected chi connectivity index (χ1v) is 7.25. The van der Waals surface area contributed by atoms with Crippen LogP contribution in [0.1, 0.15) is 28.9 Å². The third kappa shape index (κ3) is 2.90. The van der Waals surface area contributed by atoms with E-state index < -0.39 is 5.97 Å². The number of hydrogen-bond acceptors (Lipinski definition) is 4. The van der Waals surface area contributed by atoms with Crippen LogP contribution in [0.4, 0.5) is 5.82 Å². The standard InChI is InChI=1S/C16H19N3O3/c1-18-15(9-14(17-18)16(20)21)19(12-6-7-12)10-11-4-3-5-13(8-11)22-2/h3-5,8-9,12H,6-7,10H2,1-2H3,(H,20,21). The van der Waals surface area contributed by atoms with Crippen molar-refractivity contribution in [3.05, 3.63) is 41.6 Å². The van der Waals surface area contributed by atoms with E-state index in [0.29, 0.717) is 12.6 Å². The second-order valence-corrected chi connectivity index (χ2v) is 5.53. The fourth-order valence-corrected chi connectivity index (χ4v) is 2.58. The first kappa shape index (κ1) is 14.4. The molecular weight excluding hydrogens is 282 g/mol. The highest BCUT2D eigenvalue weighted by atomic mass is 16.5. The van der Waals surface area contributed by atoms with Crippen LogP contribution in [-0.2, 0) is 13.6 Å². The number of aryl methyl sites for hydroxylation is 1. The number of carboxylic acid groups (broad SMARTS) is 1. The van der Waals surface area contributed by atoms with E-state index >= 15 is 0 Å². The minimum Gasteiger partial charge on any atom is -0.497 e. The van der Waals surface area contributed by atoms with Crippen LogP contribution in [0.25, 0.3) is 0 Å². The molecule has 0 unspecified atom stereocenters. The lowest BCUT2D eigenvalue weighted by Crippen LogP contribution is -2.27. The number of carboxylic acids is 1. The van der Waals surface area contributed by atoms with Gasteiger partial charge in [0.25, 0.3) is 0 Å². The van der Waals surface area contributed by atoms with Crippen LogP contribution in [-0.4, -0.2) is 34.0 Å². The highest BCUT2D eigenvalue weighted by Crippen LogP contribution is 2.33. The molecule has 0 amide bonds. The van der Waals surface area contributed by atoms with E-state index in [-0.39, 0.29) is 5.69 Å². The third-order valence-corrected chi connectivity index (χ3v) is 3.84. The lowest BCUT2D eigenvalue weighted by atomic mass is 10.2. The average molecular weight is 301 g/mol. The average Bonchev–Trinajstić information content (AvgIpc) is 3.27. The van der Waals surface area contributed by atoms with Gasteiger partial charge in [0.2, 0.25) is 0 Å². The summed E-state index contributed by atoms with van der Waals surface area (Å²) in [5.74, 6) is 0.658. The predicted octanol–water partition coefficient (Wildman–Crippen LogP) is 2.30. The van der Waals surface area contributed by atoms with Crippen molar-refractivity contribution in [2.24, 2.45) is 7.05 Å². The molecule has 0 aliphatic heterocycles. The molecule has 3 rings (SSSR count). The van der Waals surface area contributed by atoms with Crippen LogP contribution in [0.2, 0.25) is 0 Å². The van der Waals surface area contributed by atoms with Gasteiger partial charge < -0.3 is 14.7 Å². The van der Waals surface area contributed by atoms with Crippen LogP contribution >= 0.6 is 0 Å². The maximum atomic E-state index is 11.1. The SMILES string of the molecule is COc1cccc(CN(c2cc(C(=O)O)nn2C)C2CC2)c1. The zero-order valence-corrected chi connectivity index (χ0v) is 12.7. The Morgan fingerprint density at radius 3 is 2.82 bits per heavy atom. The quantitative estimate of drug-likeness (QED) is 0.886. The molecule has 6 nitrogen and oxygen atoms in total. The molecular formula is C16H19N3O3. The van der Waals surface area contributed by atoms with Crippen LogP contribution in [0, 0.1) is 0 Å². The summed E-state index contributed by atoms with van der Waals surface area (Å²) in [4.78, 5) is 13.3. The van der Waals surface area contributed by atoms with Gasteiger partial charge in [0.1, 0.15) is 11.6 Å².